The lowest BCUT2D eigenvalue weighted by molar-refractivity contribution is 0.0205. The predicted octanol–water partition coefficient (Wildman–Crippen LogP) is 3.63. The van der Waals surface area contributed by atoms with E-state index in [-0.39, 0.29) is 0 Å². The quantitative estimate of drug-likeness (QED) is 0.399. The third-order valence-corrected chi connectivity index (χ3v) is 5.34. The second-order valence-corrected chi connectivity index (χ2v) is 8.08. The first-order valence-corrected chi connectivity index (χ1v) is 10.3. The van der Waals surface area contributed by atoms with Gasteiger partial charge in [0.15, 0.2) is 5.96 Å². The fourth-order valence-corrected chi connectivity index (χ4v) is 3.87. The minimum absolute atomic E-state index is 0.665. The molecule has 25 heavy (non-hydrogen) atoms. The molecule has 0 atom stereocenters. The molecule has 2 rings (SSSR count). The number of halogens is 1. The zero-order valence-electron chi connectivity index (χ0n) is 15.3. The second kappa shape index (κ2) is 11.7. The van der Waals surface area contributed by atoms with Crippen LogP contribution in [0.2, 0.25) is 4.34 Å². The van der Waals surface area contributed by atoms with E-state index in [1.807, 2.05) is 6.07 Å². The highest BCUT2D eigenvalue weighted by atomic mass is 35.5. The molecule has 7 heteroatoms. The number of aliphatic imine (C=N–C) groups is 1. The normalized spacial score (nSPS) is 16.2. The molecule has 0 radical (unpaired) electrons. The molecule has 142 valence electrons. The van der Waals surface area contributed by atoms with Gasteiger partial charge in [0.05, 0.1) is 10.9 Å². The van der Waals surface area contributed by atoms with Crippen molar-refractivity contribution in [3.63, 3.8) is 0 Å². The molecule has 1 aromatic heterocycles. The van der Waals surface area contributed by atoms with Gasteiger partial charge in [-0.1, -0.05) is 11.6 Å². The Morgan fingerprint density at radius 1 is 1.44 bits per heavy atom. The number of hydrogen-bond donors (Lipinski definition) is 1. The summed E-state index contributed by atoms with van der Waals surface area (Å²) >= 11 is 7.62. The lowest BCUT2D eigenvalue weighted by Gasteiger charge is -2.22. The number of ether oxygens (including phenoxy) is 2. The molecule has 0 aliphatic carbocycles. The highest BCUT2D eigenvalue weighted by Crippen LogP contribution is 2.22. The Hall–Kier alpha value is -0.820. The first-order valence-electron chi connectivity index (χ1n) is 9.08. The smallest absolute Gasteiger partial charge is 0.193 e. The molecule has 1 aromatic rings. The maximum atomic E-state index is 6.01. The van der Waals surface area contributed by atoms with E-state index >= 15 is 0 Å². The fraction of sp³-hybridized carbons (Fsp3) is 0.722. The Bertz CT molecular complexity index is 518. The van der Waals surface area contributed by atoms with E-state index in [4.69, 9.17) is 26.1 Å². The molecule has 1 aliphatic rings. The summed E-state index contributed by atoms with van der Waals surface area (Å²) in [6.07, 6.45) is 3.19. The Balaban J connectivity index is 1.67. The molecule has 0 amide bonds. The summed E-state index contributed by atoms with van der Waals surface area (Å²) in [6, 6.07) is 4.01. The summed E-state index contributed by atoms with van der Waals surface area (Å²) in [4.78, 5) is 8.07. The van der Waals surface area contributed by atoms with Gasteiger partial charge >= 0.3 is 0 Å². The van der Waals surface area contributed by atoms with Crippen LogP contribution in [0, 0.1) is 5.92 Å². The third-order valence-electron chi connectivity index (χ3n) is 4.12. The summed E-state index contributed by atoms with van der Waals surface area (Å²) in [5.74, 6) is 1.59. The van der Waals surface area contributed by atoms with Crippen molar-refractivity contribution in [2.75, 3.05) is 46.6 Å². The van der Waals surface area contributed by atoms with Crippen LogP contribution in [0.1, 0.15) is 31.1 Å². The van der Waals surface area contributed by atoms with Crippen LogP contribution in [0.4, 0.5) is 0 Å². The van der Waals surface area contributed by atoms with Gasteiger partial charge in [0, 0.05) is 51.4 Å². The number of hydrogen-bond acceptors (Lipinski definition) is 4. The van der Waals surface area contributed by atoms with E-state index in [0.29, 0.717) is 5.92 Å². The number of guanidine groups is 1. The van der Waals surface area contributed by atoms with Crippen LogP contribution in [-0.2, 0) is 16.0 Å². The number of nitrogens with zero attached hydrogens (tertiary/aromatic N) is 2. The SMILES string of the molecule is CCNC(=NCCCOCC1CCOCC1)N(C)Cc1ccc(Cl)s1. The fourth-order valence-electron chi connectivity index (χ4n) is 2.73. The van der Waals surface area contributed by atoms with Crippen LogP contribution >= 0.6 is 22.9 Å². The molecule has 1 aliphatic heterocycles. The first kappa shape index (κ1) is 20.5. The van der Waals surface area contributed by atoms with Gasteiger partial charge in [0.1, 0.15) is 0 Å². The van der Waals surface area contributed by atoms with Gasteiger partial charge in [-0.05, 0) is 44.2 Å². The van der Waals surface area contributed by atoms with E-state index in [1.165, 1.54) is 4.88 Å². The van der Waals surface area contributed by atoms with Crippen LogP contribution in [0.5, 0.6) is 0 Å². The molecule has 0 unspecified atom stereocenters. The third kappa shape index (κ3) is 7.94. The van der Waals surface area contributed by atoms with Gasteiger partial charge in [-0.25, -0.2) is 0 Å². The summed E-state index contributed by atoms with van der Waals surface area (Å²) in [7, 11) is 2.05. The summed E-state index contributed by atoms with van der Waals surface area (Å²) < 4.78 is 12.0. The molecule has 0 aromatic carbocycles. The van der Waals surface area contributed by atoms with E-state index in [0.717, 1.165) is 75.6 Å². The number of nitrogens with one attached hydrogen (secondary N) is 1. The monoisotopic (exact) mass is 387 g/mol. The Morgan fingerprint density at radius 3 is 2.92 bits per heavy atom. The van der Waals surface area contributed by atoms with E-state index in [1.54, 1.807) is 11.3 Å². The zero-order valence-corrected chi connectivity index (χ0v) is 16.9. The molecular formula is C18H30ClN3O2S. The van der Waals surface area contributed by atoms with Gasteiger partial charge in [0.25, 0.3) is 0 Å². The van der Waals surface area contributed by atoms with Crippen molar-refractivity contribution in [2.24, 2.45) is 10.9 Å². The summed E-state index contributed by atoms with van der Waals surface area (Å²) in [6.45, 7) is 7.90. The largest absolute Gasteiger partial charge is 0.381 e. The van der Waals surface area contributed by atoms with E-state index < -0.39 is 0 Å². The van der Waals surface area contributed by atoms with Gasteiger partial charge in [-0.15, -0.1) is 11.3 Å². The van der Waals surface area contributed by atoms with Crippen molar-refractivity contribution in [1.82, 2.24) is 10.2 Å². The number of thiophene rings is 1. The van der Waals surface area contributed by atoms with Gasteiger partial charge < -0.3 is 19.7 Å². The molecule has 0 saturated carbocycles. The van der Waals surface area contributed by atoms with Crippen LogP contribution in [0.25, 0.3) is 0 Å². The molecule has 1 fully saturated rings. The molecule has 1 saturated heterocycles. The van der Waals surface area contributed by atoms with Crippen molar-refractivity contribution < 1.29 is 9.47 Å². The lowest BCUT2D eigenvalue weighted by atomic mass is 10.0. The van der Waals surface area contributed by atoms with Crippen LogP contribution in [0.15, 0.2) is 17.1 Å². The molecule has 0 bridgehead atoms. The predicted molar refractivity (Wildman–Crippen MR) is 106 cm³/mol. The van der Waals surface area contributed by atoms with E-state index in [2.05, 4.69) is 30.3 Å². The van der Waals surface area contributed by atoms with Crippen molar-refractivity contribution in [3.8, 4) is 0 Å². The highest BCUT2D eigenvalue weighted by molar-refractivity contribution is 7.16. The zero-order chi connectivity index (χ0) is 17.9. The van der Waals surface area contributed by atoms with Crippen LogP contribution < -0.4 is 5.32 Å². The first-order chi connectivity index (χ1) is 12.2. The number of rotatable bonds is 9. The molecule has 1 N–H and O–H groups in total. The van der Waals surface area contributed by atoms with Crippen LogP contribution in [0.3, 0.4) is 0 Å². The Labute approximate surface area is 160 Å². The minimum atomic E-state index is 0.665. The van der Waals surface area contributed by atoms with Gasteiger partial charge in [0.2, 0.25) is 0 Å². The minimum Gasteiger partial charge on any atom is -0.381 e. The summed E-state index contributed by atoms with van der Waals surface area (Å²) in [5.41, 5.74) is 0. The van der Waals surface area contributed by atoms with Crippen molar-refractivity contribution in [3.05, 3.63) is 21.3 Å². The standard InChI is InChI=1S/C18H30ClN3O2S/c1-3-20-18(22(2)13-16-5-6-17(19)25-16)21-9-4-10-24-14-15-7-11-23-12-8-15/h5-6,15H,3-4,7-14H2,1-2H3,(H,20,21). The lowest BCUT2D eigenvalue weighted by Crippen LogP contribution is -2.38. The van der Waals surface area contributed by atoms with Gasteiger partial charge in [-0.3, -0.25) is 4.99 Å². The average molecular weight is 388 g/mol. The van der Waals surface area contributed by atoms with Crippen molar-refractivity contribution >= 4 is 28.9 Å². The van der Waals surface area contributed by atoms with Crippen molar-refractivity contribution in [2.45, 2.75) is 32.7 Å². The maximum absolute atomic E-state index is 6.01. The van der Waals surface area contributed by atoms with Crippen molar-refractivity contribution in [1.29, 1.82) is 0 Å². The Kier molecular flexibility index (Phi) is 9.61. The average Bonchev–Trinajstić information content (AvgIpc) is 3.02. The van der Waals surface area contributed by atoms with E-state index in [9.17, 15) is 0 Å². The Morgan fingerprint density at radius 2 is 2.24 bits per heavy atom. The topological polar surface area (TPSA) is 46.1 Å². The van der Waals surface area contributed by atoms with Gasteiger partial charge in [-0.2, -0.15) is 0 Å². The molecule has 5 nitrogen and oxygen atoms in total. The van der Waals surface area contributed by atoms with Crippen LogP contribution in [-0.4, -0.2) is 57.4 Å². The molecule has 2 heterocycles. The molecular weight excluding hydrogens is 358 g/mol. The maximum Gasteiger partial charge on any atom is 0.193 e. The highest BCUT2D eigenvalue weighted by Gasteiger charge is 2.13. The second-order valence-electron chi connectivity index (χ2n) is 6.28. The summed E-state index contributed by atoms with van der Waals surface area (Å²) in [5, 5.41) is 3.34. The molecule has 0 spiro atoms.